The summed E-state index contributed by atoms with van der Waals surface area (Å²) in [5.74, 6) is 0.0916. The first-order valence-electron chi connectivity index (χ1n) is 3.85. The van der Waals surface area contributed by atoms with Gasteiger partial charge in [0.25, 0.3) is 0 Å². The average Bonchev–Trinajstić information content (AvgIpc) is 1.98. The van der Waals surface area contributed by atoms with Crippen molar-refractivity contribution in [1.29, 1.82) is 0 Å². The summed E-state index contributed by atoms with van der Waals surface area (Å²) >= 11 is 0. The lowest BCUT2D eigenvalue weighted by Crippen LogP contribution is -2.37. The van der Waals surface area contributed by atoms with E-state index in [2.05, 4.69) is 0 Å². The van der Waals surface area contributed by atoms with Crippen molar-refractivity contribution in [2.45, 2.75) is 26.3 Å². The van der Waals surface area contributed by atoms with Crippen molar-refractivity contribution in [2.24, 2.45) is 0 Å². The lowest BCUT2D eigenvalue weighted by Gasteiger charge is -2.25. The molecule has 0 aromatic carbocycles. The number of nitrogens with zero attached hydrogens (tertiary/aromatic N) is 1. The minimum Gasteiger partial charge on any atom is -0.383 e. The zero-order chi connectivity index (χ0) is 8.85. The highest BCUT2D eigenvalue weighted by molar-refractivity contribution is 5.73. The van der Waals surface area contributed by atoms with Crippen molar-refractivity contribution in [3.63, 3.8) is 0 Å². The number of carbonyl (C=O) groups is 1. The van der Waals surface area contributed by atoms with E-state index in [9.17, 15) is 4.79 Å². The lowest BCUT2D eigenvalue weighted by molar-refractivity contribution is -0.130. The summed E-state index contributed by atoms with van der Waals surface area (Å²) in [5, 5.41) is 0. The molecular weight excluding hydrogens is 142 g/mol. The second-order valence-electron chi connectivity index (χ2n) is 2.65. The van der Waals surface area contributed by atoms with Gasteiger partial charge in [-0.1, -0.05) is 6.92 Å². The van der Waals surface area contributed by atoms with Crippen LogP contribution < -0.4 is 0 Å². The van der Waals surface area contributed by atoms with E-state index in [1.165, 1.54) is 0 Å². The third-order valence-electron chi connectivity index (χ3n) is 1.87. The Kier molecular flexibility index (Phi) is 4.86. The maximum atomic E-state index is 10.9. The van der Waals surface area contributed by atoms with Crippen molar-refractivity contribution in [2.75, 3.05) is 20.8 Å². The molecule has 0 heterocycles. The van der Waals surface area contributed by atoms with E-state index >= 15 is 0 Å². The van der Waals surface area contributed by atoms with Crippen LogP contribution in [0.2, 0.25) is 0 Å². The van der Waals surface area contributed by atoms with Gasteiger partial charge in [0.05, 0.1) is 12.6 Å². The summed E-state index contributed by atoms with van der Waals surface area (Å²) in [6, 6.07) is 0.220. The molecule has 66 valence electrons. The molecule has 1 atom stereocenters. The average molecular weight is 159 g/mol. The number of carbonyl (C=O) groups excluding carboxylic acids is 1. The molecule has 0 rings (SSSR count). The standard InChI is InChI=1S/C8H17NO2/c1-5-8(6-11-4)9(3)7(2)10/h8H,5-6H2,1-4H3. The molecule has 0 aromatic heterocycles. The van der Waals surface area contributed by atoms with E-state index in [1.807, 2.05) is 6.92 Å². The fraction of sp³-hybridized carbons (Fsp3) is 0.875. The second kappa shape index (κ2) is 5.13. The van der Waals surface area contributed by atoms with Gasteiger partial charge >= 0.3 is 0 Å². The molecule has 0 aliphatic carbocycles. The Labute approximate surface area is 68.3 Å². The highest BCUT2D eigenvalue weighted by atomic mass is 16.5. The van der Waals surface area contributed by atoms with Crippen LogP contribution in [0.25, 0.3) is 0 Å². The molecule has 1 unspecified atom stereocenters. The lowest BCUT2D eigenvalue weighted by atomic mass is 10.2. The first-order chi connectivity index (χ1) is 5.13. The van der Waals surface area contributed by atoms with Crippen LogP contribution in [0.1, 0.15) is 20.3 Å². The number of hydrogen-bond acceptors (Lipinski definition) is 2. The van der Waals surface area contributed by atoms with Gasteiger partial charge in [-0.3, -0.25) is 4.79 Å². The Morgan fingerprint density at radius 1 is 1.64 bits per heavy atom. The monoisotopic (exact) mass is 159 g/mol. The summed E-state index contributed by atoms with van der Waals surface area (Å²) < 4.78 is 4.97. The van der Waals surface area contributed by atoms with Gasteiger partial charge in [0.2, 0.25) is 5.91 Å². The number of hydrogen-bond donors (Lipinski definition) is 0. The third kappa shape index (κ3) is 3.37. The highest BCUT2D eigenvalue weighted by Crippen LogP contribution is 2.01. The maximum absolute atomic E-state index is 10.9. The Morgan fingerprint density at radius 2 is 2.18 bits per heavy atom. The topological polar surface area (TPSA) is 29.5 Å². The molecule has 0 spiro atoms. The summed E-state index contributed by atoms with van der Waals surface area (Å²) in [4.78, 5) is 12.6. The molecule has 0 saturated heterocycles. The molecule has 0 aromatic rings. The van der Waals surface area contributed by atoms with Crippen LogP contribution in [0.3, 0.4) is 0 Å². The van der Waals surface area contributed by atoms with Crippen LogP contribution in [0.4, 0.5) is 0 Å². The van der Waals surface area contributed by atoms with Gasteiger partial charge in [-0.15, -0.1) is 0 Å². The smallest absolute Gasteiger partial charge is 0.219 e. The Morgan fingerprint density at radius 3 is 2.45 bits per heavy atom. The van der Waals surface area contributed by atoms with Crippen molar-refractivity contribution in [3.05, 3.63) is 0 Å². The Balaban J connectivity index is 3.91. The number of rotatable bonds is 4. The Bertz CT molecular complexity index is 125. The summed E-state index contributed by atoms with van der Waals surface area (Å²) in [5.41, 5.74) is 0. The van der Waals surface area contributed by atoms with Crippen LogP contribution >= 0.6 is 0 Å². The fourth-order valence-electron chi connectivity index (χ4n) is 0.953. The van der Waals surface area contributed by atoms with Gasteiger partial charge in [-0.2, -0.15) is 0 Å². The van der Waals surface area contributed by atoms with E-state index in [0.717, 1.165) is 6.42 Å². The maximum Gasteiger partial charge on any atom is 0.219 e. The molecule has 0 bridgehead atoms. The first-order valence-corrected chi connectivity index (χ1v) is 3.85. The predicted octanol–water partition coefficient (Wildman–Crippen LogP) is 0.890. The van der Waals surface area contributed by atoms with Crippen molar-refractivity contribution in [3.8, 4) is 0 Å². The van der Waals surface area contributed by atoms with E-state index in [1.54, 1.807) is 26.0 Å². The van der Waals surface area contributed by atoms with Crippen LogP contribution in [0.15, 0.2) is 0 Å². The zero-order valence-corrected chi connectivity index (χ0v) is 7.76. The van der Waals surface area contributed by atoms with Gasteiger partial charge in [0.15, 0.2) is 0 Å². The van der Waals surface area contributed by atoms with Crippen molar-refractivity contribution < 1.29 is 9.53 Å². The fourth-order valence-corrected chi connectivity index (χ4v) is 0.953. The predicted molar refractivity (Wildman–Crippen MR) is 44.4 cm³/mol. The first kappa shape index (κ1) is 10.4. The van der Waals surface area contributed by atoms with Gasteiger partial charge < -0.3 is 9.64 Å². The van der Waals surface area contributed by atoms with Gasteiger partial charge in [-0.25, -0.2) is 0 Å². The Hall–Kier alpha value is -0.570. The van der Waals surface area contributed by atoms with Crippen LogP contribution in [-0.2, 0) is 9.53 Å². The number of ether oxygens (including phenoxy) is 1. The molecule has 0 aliphatic rings. The largest absolute Gasteiger partial charge is 0.383 e. The molecule has 0 N–H and O–H groups in total. The summed E-state index contributed by atoms with van der Waals surface area (Å²) in [6.45, 7) is 4.23. The molecule has 0 aliphatic heterocycles. The van der Waals surface area contributed by atoms with Crippen LogP contribution in [0, 0.1) is 0 Å². The molecule has 11 heavy (non-hydrogen) atoms. The van der Waals surface area contributed by atoms with E-state index < -0.39 is 0 Å². The minimum atomic E-state index is 0.0916. The summed E-state index contributed by atoms with van der Waals surface area (Å²) in [7, 11) is 3.45. The van der Waals surface area contributed by atoms with E-state index in [0.29, 0.717) is 6.61 Å². The van der Waals surface area contributed by atoms with Crippen molar-refractivity contribution >= 4 is 5.91 Å². The van der Waals surface area contributed by atoms with Crippen LogP contribution in [0.5, 0.6) is 0 Å². The molecule has 0 fully saturated rings. The molecular formula is C8H17NO2. The zero-order valence-electron chi connectivity index (χ0n) is 7.76. The molecule has 0 saturated carbocycles. The number of methoxy groups -OCH3 is 1. The van der Waals surface area contributed by atoms with E-state index in [4.69, 9.17) is 4.74 Å². The second-order valence-corrected chi connectivity index (χ2v) is 2.65. The van der Waals surface area contributed by atoms with Crippen molar-refractivity contribution in [1.82, 2.24) is 4.90 Å². The number of likely N-dealkylation sites (N-methyl/N-ethyl adjacent to an activating group) is 1. The number of amides is 1. The quantitative estimate of drug-likeness (QED) is 0.609. The minimum absolute atomic E-state index is 0.0916. The molecule has 3 heteroatoms. The van der Waals surface area contributed by atoms with Crippen LogP contribution in [-0.4, -0.2) is 37.6 Å². The van der Waals surface area contributed by atoms with Gasteiger partial charge in [-0.05, 0) is 6.42 Å². The molecule has 3 nitrogen and oxygen atoms in total. The third-order valence-corrected chi connectivity index (χ3v) is 1.87. The van der Waals surface area contributed by atoms with E-state index in [-0.39, 0.29) is 11.9 Å². The molecule has 0 radical (unpaired) electrons. The highest BCUT2D eigenvalue weighted by Gasteiger charge is 2.13. The summed E-state index contributed by atoms with van der Waals surface area (Å²) in [6.07, 6.45) is 0.934. The van der Waals surface area contributed by atoms with Gasteiger partial charge in [0, 0.05) is 21.1 Å². The normalized spacial score (nSPS) is 12.7. The van der Waals surface area contributed by atoms with Gasteiger partial charge in [0.1, 0.15) is 0 Å². The molecule has 1 amide bonds. The SMILES string of the molecule is CCC(COC)N(C)C(C)=O.